The Morgan fingerprint density at radius 3 is 2.53 bits per heavy atom. The normalized spacial score (nSPS) is 10.7. The summed E-state index contributed by atoms with van der Waals surface area (Å²) in [5.41, 5.74) is 2.64. The molecule has 162 valence electrons. The van der Waals surface area contributed by atoms with E-state index in [1.54, 1.807) is 47.3 Å². The molecule has 0 bridgehead atoms. The fraction of sp³-hybridized carbons (Fsp3) is 0.125. The molecule has 4 aromatic rings. The van der Waals surface area contributed by atoms with Crippen LogP contribution in [-0.4, -0.2) is 20.7 Å². The van der Waals surface area contributed by atoms with Crippen LogP contribution in [0.5, 0.6) is 11.6 Å². The van der Waals surface area contributed by atoms with Crippen molar-refractivity contribution in [3.8, 4) is 17.3 Å². The van der Waals surface area contributed by atoms with Crippen molar-refractivity contribution in [1.29, 1.82) is 0 Å². The number of aromatic nitrogens is 3. The molecule has 0 saturated heterocycles. The predicted octanol–water partition coefficient (Wildman–Crippen LogP) is 4.83. The maximum absolute atomic E-state index is 13.3. The lowest BCUT2D eigenvalue weighted by molar-refractivity contribution is 0.0950. The van der Waals surface area contributed by atoms with Crippen LogP contribution < -0.4 is 10.1 Å². The number of ether oxygens (including phenoxy) is 1. The number of carbonyl (C=O) groups excluding carboxylic acids is 1. The van der Waals surface area contributed by atoms with Crippen LogP contribution in [0.4, 0.5) is 8.78 Å². The predicted molar refractivity (Wildman–Crippen MR) is 115 cm³/mol. The van der Waals surface area contributed by atoms with Crippen molar-refractivity contribution in [2.75, 3.05) is 0 Å². The summed E-state index contributed by atoms with van der Waals surface area (Å²) in [4.78, 5) is 16.9. The van der Waals surface area contributed by atoms with E-state index in [1.165, 1.54) is 30.5 Å². The van der Waals surface area contributed by atoms with Gasteiger partial charge in [0.15, 0.2) is 0 Å². The average Bonchev–Trinajstić information content (AvgIpc) is 3.23. The standard InChI is InChI=1S/C24H20F2N4O2/c1-2-22-21(15-29-30(22)19-9-7-17(25)8-10-19)24(31)28-14-16-6-11-23(27-13-16)32-20-5-3-4-18(26)12-20/h3-13,15H,2,14H2,1H3,(H,28,31). The molecule has 0 saturated carbocycles. The highest BCUT2D eigenvalue weighted by Gasteiger charge is 2.17. The zero-order chi connectivity index (χ0) is 22.5. The van der Waals surface area contributed by atoms with Crippen molar-refractivity contribution in [2.45, 2.75) is 19.9 Å². The molecule has 6 nitrogen and oxygen atoms in total. The first-order valence-corrected chi connectivity index (χ1v) is 10.0. The van der Waals surface area contributed by atoms with Gasteiger partial charge in [-0.25, -0.2) is 18.4 Å². The van der Waals surface area contributed by atoms with Gasteiger partial charge in [-0.15, -0.1) is 0 Å². The molecule has 2 aromatic heterocycles. The van der Waals surface area contributed by atoms with E-state index in [0.717, 1.165) is 11.3 Å². The molecule has 0 aliphatic carbocycles. The van der Waals surface area contributed by atoms with Gasteiger partial charge in [0, 0.05) is 24.9 Å². The highest BCUT2D eigenvalue weighted by Crippen LogP contribution is 2.20. The van der Waals surface area contributed by atoms with E-state index in [0.29, 0.717) is 29.3 Å². The van der Waals surface area contributed by atoms with Crippen molar-refractivity contribution < 1.29 is 18.3 Å². The third-order valence-corrected chi connectivity index (χ3v) is 4.79. The summed E-state index contributed by atoms with van der Waals surface area (Å²) in [5, 5.41) is 7.16. The number of hydrogen-bond acceptors (Lipinski definition) is 4. The summed E-state index contributed by atoms with van der Waals surface area (Å²) in [6.45, 7) is 2.19. The lowest BCUT2D eigenvalue weighted by atomic mass is 10.2. The average molecular weight is 434 g/mol. The first-order valence-electron chi connectivity index (χ1n) is 10.0. The minimum atomic E-state index is -0.393. The number of pyridine rings is 1. The molecule has 0 radical (unpaired) electrons. The minimum absolute atomic E-state index is 0.261. The Labute approximate surface area is 183 Å². The number of carbonyl (C=O) groups is 1. The van der Waals surface area contributed by atoms with E-state index in [4.69, 9.17) is 4.74 Å². The van der Waals surface area contributed by atoms with Crippen LogP contribution in [0.3, 0.4) is 0 Å². The lowest BCUT2D eigenvalue weighted by Crippen LogP contribution is -2.23. The summed E-state index contributed by atoms with van der Waals surface area (Å²) in [7, 11) is 0. The molecule has 0 aliphatic heterocycles. The number of nitrogens with one attached hydrogen (secondary N) is 1. The number of amides is 1. The van der Waals surface area contributed by atoms with Gasteiger partial charge in [0.2, 0.25) is 5.88 Å². The Morgan fingerprint density at radius 2 is 1.84 bits per heavy atom. The minimum Gasteiger partial charge on any atom is -0.439 e. The number of nitrogens with zero attached hydrogens (tertiary/aromatic N) is 3. The maximum Gasteiger partial charge on any atom is 0.255 e. The number of hydrogen-bond donors (Lipinski definition) is 1. The summed E-state index contributed by atoms with van der Waals surface area (Å²) < 4.78 is 33.6. The Kier molecular flexibility index (Phi) is 6.21. The topological polar surface area (TPSA) is 69.0 Å². The first kappa shape index (κ1) is 21.2. The van der Waals surface area contributed by atoms with E-state index < -0.39 is 5.82 Å². The van der Waals surface area contributed by atoms with Crippen LogP contribution in [-0.2, 0) is 13.0 Å². The van der Waals surface area contributed by atoms with E-state index in [-0.39, 0.29) is 18.3 Å². The van der Waals surface area contributed by atoms with Gasteiger partial charge in [-0.1, -0.05) is 19.1 Å². The van der Waals surface area contributed by atoms with Gasteiger partial charge in [-0.05, 0) is 48.4 Å². The molecule has 0 atom stereocenters. The zero-order valence-corrected chi connectivity index (χ0v) is 17.3. The van der Waals surface area contributed by atoms with Gasteiger partial charge in [0.25, 0.3) is 5.91 Å². The van der Waals surface area contributed by atoms with Crippen LogP contribution in [0.2, 0.25) is 0 Å². The van der Waals surface area contributed by atoms with Crippen molar-refractivity contribution in [2.24, 2.45) is 0 Å². The molecular weight excluding hydrogens is 414 g/mol. The number of halogens is 2. The first-order chi connectivity index (χ1) is 15.5. The maximum atomic E-state index is 13.3. The lowest BCUT2D eigenvalue weighted by Gasteiger charge is -2.09. The molecule has 8 heteroatoms. The zero-order valence-electron chi connectivity index (χ0n) is 17.3. The van der Waals surface area contributed by atoms with Gasteiger partial charge in [-0.3, -0.25) is 4.79 Å². The molecule has 2 aromatic carbocycles. The Hall–Kier alpha value is -4.07. The highest BCUT2D eigenvalue weighted by molar-refractivity contribution is 5.95. The SMILES string of the molecule is CCc1c(C(=O)NCc2ccc(Oc3cccc(F)c3)nc2)cnn1-c1ccc(F)cc1. The van der Waals surface area contributed by atoms with Gasteiger partial charge < -0.3 is 10.1 Å². The van der Waals surface area contributed by atoms with Gasteiger partial charge >= 0.3 is 0 Å². The van der Waals surface area contributed by atoms with Gasteiger partial charge in [0.05, 0.1) is 23.1 Å². The largest absolute Gasteiger partial charge is 0.439 e. The molecule has 0 aliphatic rings. The van der Waals surface area contributed by atoms with Gasteiger partial charge in [-0.2, -0.15) is 5.10 Å². The third kappa shape index (κ3) is 4.80. The van der Waals surface area contributed by atoms with Crippen LogP contribution in [0, 0.1) is 11.6 Å². The second-order valence-corrected chi connectivity index (χ2v) is 6.99. The van der Waals surface area contributed by atoms with Crippen molar-refractivity contribution in [3.05, 3.63) is 102 Å². The highest BCUT2D eigenvalue weighted by atomic mass is 19.1. The Balaban J connectivity index is 1.41. The summed E-state index contributed by atoms with van der Waals surface area (Å²) >= 11 is 0. The Morgan fingerprint density at radius 1 is 1.03 bits per heavy atom. The second kappa shape index (κ2) is 9.38. The van der Waals surface area contributed by atoms with Crippen LogP contribution >= 0.6 is 0 Å². The smallest absolute Gasteiger partial charge is 0.255 e. The number of rotatable bonds is 7. The van der Waals surface area contributed by atoms with E-state index >= 15 is 0 Å². The van der Waals surface area contributed by atoms with Crippen LogP contribution in [0.25, 0.3) is 5.69 Å². The second-order valence-electron chi connectivity index (χ2n) is 6.99. The van der Waals surface area contributed by atoms with Gasteiger partial charge in [0.1, 0.15) is 17.4 Å². The van der Waals surface area contributed by atoms with Crippen molar-refractivity contribution in [1.82, 2.24) is 20.1 Å². The fourth-order valence-electron chi connectivity index (χ4n) is 3.21. The molecule has 4 rings (SSSR count). The molecule has 32 heavy (non-hydrogen) atoms. The Bertz CT molecular complexity index is 1220. The summed E-state index contributed by atoms with van der Waals surface area (Å²) in [5.74, 6) is -0.326. The quantitative estimate of drug-likeness (QED) is 0.452. The van der Waals surface area contributed by atoms with E-state index in [2.05, 4.69) is 15.4 Å². The van der Waals surface area contributed by atoms with Crippen molar-refractivity contribution >= 4 is 5.91 Å². The number of benzene rings is 2. The van der Waals surface area contributed by atoms with E-state index in [9.17, 15) is 13.6 Å². The monoisotopic (exact) mass is 434 g/mol. The summed E-state index contributed by atoms with van der Waals surface area (Å²) in [6, 6.07) is 15.1. The van der Waals surface area contributed by atoms with E-state index in [1.807, 2.05) is 6.92 Å². The van der Waals surface area contributed by atoms with Crippen LogP contribution in [0.1, 0.15) is 28.5 Å². The molecule has 1 amide bonds. The van der Waals surface area contributed by atoms with Crippen molar-refractivity contribution in [3.63, 3.8) is 0 Å². The third-order valence-electron chi connectivity index (χ3n) is 4.79. The molecule has 0 fully saturated rings. The molecule has 0 unspecified atom stereocenters. The fourth-order valence-corrected chi connectivity index (χ4v) is 3.21. The molecule has 0 spiro atoms. The molecule has 2 heterocycles. The molecule has 1 N–H and O–H groups in total. The molecular formula is C24H20F2N4O2. The summed E-state index contributed by atoms with van der Waals surface area (Å²) in [6.07, 6.45) is 3.66. The van der Waals surface area contributed by atoms with Crippen LogP contribution in [0.15, 0.2) is 73.1 Å².